The second-order valence-electron chi connectivity index (χ2n) is 8.87. The van der Waals surface area contributed by atoms with Crippen molar-refractivity contribution in [1.82, 2.24) is 0 Å². The van der Waals surface area contributed by atoms with Gasteiger partial charge in [0.25, 0.3) is 0 Å². The molecule has 11 heteroatoms. The zero-order valence-electron chi connectivity index (χ0n) is 20.5. The smallest absolute Gasteiger partial charge is 0.429 e. The first-order chi connectivity index (χ1) is 18.8. The summed E-state index contributed by atoms with van der Waals surface area (Å²) in [5, 5.41) is -0.392. The number of hydrogen-bond acceptors (Lipinski definition) is 1. The van der Waals surface area contributed by atoms with Gasteiger partial charge in [0.1, 0.15) is 34.6 Å². The fraction of sp³-hybridized carbons (Fsp3) is 0.172. The molecular weight excluding hydrogens is 571 g/mol. The molecule has 0 aromatic heterocycles. The Morgan fingerprint density at radius 2 is 1.30 bits per heavy atom. The Balaban J connectivity index is 1.68. The van der Waals surface area contributed by atoms with E-state index in [-0.39, 0.29) is 23.3 Å². The Labute approximate surface area is 227 Å². The molecule has 0 heterocycles. The highest BCUT2D eigenvalue weighted by atomic mass is 35.5. The van der Waals surface area contributed by atoms with Gasteiger partial charge in [0.2, 0.25) is 0 Å². The van der Waals surface area contributed by atoms with Gasteiger partial charge in [-0.2, -0.15) is 8.78 Å². The van der Waals surface area contributed by atoms with Gasteiger partial charge in [-0.3, -0.25) is 0 Å². The van der Waals surface area contributed by atoms with Gasteiger partial charge >= 0.3 is 6.11 Å². The van der Waals surface area contributed by atoms with Crippen LogP contribution in [0.3, 0.4) is 0 Å². The van der Waals surface area contributed by atoms with E-state index in [9.17, 15) is 35.1 Å². The number of rotatable bonds is 8. The lowest BCUT2D eigenvalue weighted by molar-refractivity contribution is -0.189. The van der Waals surface area contributed by atoms with E-state index in [0.29, 0.717) is 18.6 Å². The first kappa shape index (κ1) is 29.3. The van der Waals surface area contributed by atoms with Gasteiger partial charge in [-0.1, -0.05) is 37.1 Å². The summed E-state index contributed by atoms with van der Waals surface area (Å²) in [5.41, 5.74) is -2.29. The summed E-state index contributed by atoms with van der Waals surface area (Å²) in [6, 6.07) is 7.31. The maximum Gasteiger partial charge on any atom is 0.432 e. The molecule has 0 atom stereocenters. The number of halogens is 10. The summed E-state index contributed by atoms with van der Waals surface area (Å²) < 4.78 is 133. The van der Waals surface area contributed by atoms with Crippen molar-refractivity contribution in [2.45, 2.75) is 32.3 Å². The van der Waals surface area contributed by atoms with Crippen LogP contribution in [0.2, 0.25) is 5.02 Å². The molecule has 210 valence electrons. The Morgan fingerprint density at radius 3 is 1.85 bits per heavy atom. The zero-order valence-corrected chi connectivity index (χ0v) is 21.3. The van der Waals surface area contributed by atoms with Crippen molar-refractivity contribution < 1.29 is 44.3 Å². The van der Waals surface area contributed by atoms with E-state index in [1.54, 1.807) is 6.07 Å². The van der Waals surface area contributed by atoms with E-state index in [1.807, 2.05) is 6.92 Å². The molecule has 0 amide bonds. The average molecular weight is 589 g/mol. The first-order valence-corrected chi connectivity index (χ1v) is 12.2. The van der Waals surface area contributed by atoms with Crippen LogP contribution >= 0.6 is 11.6 Å². The molecule has 0 unspecified atom stereocenters. The van der Waals surface area contributed by atoms with Gasteiger partial charge in [0.15, 0.2) is 17.5 Å². The monoisotopic (exact) mass is 588 g/mol. The summed E-state index contributed by atoms with van der Waals surface area (Å²) in [6.45, 7) is 1.99. The summed E-state index contributed by atoms with van der Waals surface area (Å²) in [4.78, 5) is 0. The molecule has 0 saturated heterocycles. The molecule has 0 N–H and O–H groups in total. The third kappa shape index (κ3) is 5.91. The second-order valence-corrected chi connectivity index (χ2v) is 9.27. The van der Waals surface area contributed by atoms with Crippen LogP contribution in [0.1, 0.15) is 30.9 Å². The van der Waals surface area contributed by atoms with Crippen molar-refractivity contribution in [2.24, 2.45) is 0 Å². The lowest BCUT2D eigenvalue weighted by atomic mass is 9.96. The minimum Gasteiger partial charge on any atom is -0.429 e. The van der Waals surface area contributed by atoms with Gasteiger partial charge < -0.3 is 4.74 Å². The van der Waals surface area contributed by atoms with Gasteiger partial charge in [-0.25, -0.2) is 30.7 Å². The van der Waals surface area contributed by atoms with Gasteiger partial charge in [0.05, 0.1) is 5.02 Å². The molecule has 40 heavy (non-hydrogen) atoms. The molecule has 0 radical (unpaired) electrons. The predicted octanol–water partition coefficient (Wildman–Crippen LogP) is 10.1. The van der Waals surface area contributed by atoms with Crippen molar-refractivity contribution in [3.63, 3.8) is 0 Å². The number of aryl methyl sites for hydroxylation is 1. The maximum atomic E-state index is 15.1. The highest BCUT2D eigenvalue weighted by Gasteiger charge is 2.41. The van der Waals surface area contributed by atoms with Gasteiger partial charge in [0, 0.05) is 23.3 Å². The molecule has 4 aromatic rings. The summed E-state index contributed by atoms with van der Waals surface area (Å²) in [5.74, 6) is -12.5. The van der Waals surface area contributed by atoms with E-state index in [4.69, 9.17) is 11.6 Å². The minimum atomic E-state index is -4.82. The van der Waals surface area contributed by atoms with Gasteiger partial charge in [-0.15, -0.1) is 0 Å². The van der Waals surface area contributed by atoms with Crippen LogP contribution in [-0.4, -0.2) is 0 Å². The minimum absolute atomic E-state index is 0.0192. The van der Waals surface area contributed by atoms with E-state index in [2.05, 4.69) is 4.74 Å². The van der Waals surface area contributed by atoms with Crippen LogP contribution in [0.4, 0.5) is 39.5 Å². The Hall–Kier alpha value is -3.66. The van der Waals surface area contributed by atoms with Crippen LogP contribution in [0.15, 0.2) is 54.6 Å². The second kappa shape index (κ2) is 11.4. The Morgan fingerprint density at radius 1 is 0.700 bits per heavy atom. The zero-order chi connectivity index (χ0) is 29.4. The fourth-order valence-corrected chi connectivity index (χ4v) is 4.44. The predicted molar refractivity (Wildman–Crippen MR) is 132 cm³/mol. The van der Waals surface area contributed by atoms with E-state index >= 15 is 4.39 Å². The third-order valence-corrected chi connectivity index (χ3v) is 6.33. The standard InChI is InChI=1S/C29H18ClF9O/c1-2-3-4-14-5-6-18(20(31)7-14)15-8-19(30)26(21(32)9-15)16-10-22(33)27(23(34)11-16)29(38,39)40-17-12-24(35)28(37)25(36)13-17/h5-13H,2-4H2,1H3. The van der Waals surface area contributed by atoms with Crippen molar-refractivity contribution in [3.8, 4) is 28.0 Å². The van der Waals surface area contributed by atoms with Crippen molar-refractivity contribution in [1.29, 1.82) is 0 Å². The van der Waals surface area contributed by atoms with Crippen molar-refractivity contribution in [3.05, 3.63) is 111 Å². The topological polar surface area (TPSA) is 9.23 Å². The molecule has 1 nitrogen and oxygen atoms in total. The van der Waals surface area contributed by atoms with Crippen LogP contribution < -0.4 is 4.74 Å². The van der Waals surface area contributed by atoms with Crippen LogP contribution in [0, 0.1) is 40.7 Å². The van der Waals surface area contributed by atoms with E-state index < -0.39 is 74.3 Å². The highest BCUT2D eigenvalue weighted by molar-refractivity contribution is 6.33. The molecule has 4 aromatic carbocycles. The van der Waals surface area contributed by atoms with Crippen LogP contribution in [-0.2, 0) is 12.5 Å². The molecule has 0 fully saturated rings. The first-order valence-electron chi connectivity index (χ1n) is 11.8. The molecular formula is C29H18ClF9O. The number of benzene rings is 4. The van der Waals surface area contributed by atoms with Crippen molar-refractivity contribution >= 4 is 11.6 Å². The van der Waals surface area contributed by atoms with E-state index in [1.165, 1.54) is 12.1 Å². The molecule has 0 bridgehead atoms. The quantitative estimate of drug-likeness (QED) is 0.147. The number of unbranched alkanes of at least 4 members (excludes halogenated alkanes) is 1. The molecule has 4 rings (SSSR count). The molecule has 0 spiro atoms. The van der Waals surface area contributed by atoms with E-state index in [0.717, 1.165) is 30.5 Å². The largest absolute Gasteiger partial charge is 0.432 e. The summed E-state index contributed by atoms with van der Waals surface area (Å²) in [7, 11) is 0. The molecule has 0 aliphatic heterocycles. The average Bonchev–Trinajstić information content (AvgIpc) is 2.84. The molecule has 0 aliphatic rings. The molecule has 0 saturated carbocycles. The summed E-state index contributed by atoms with van der Waals surface area (Å²) in [6.07, 6.45) is -2.42. The lowest BCUT2D eigenvalue weighted by Crippen LogP contribution is -2.25. The Kier molecular flexibility index (Phi) is 8.39. The maximum absolute atomic E-state index is 15.1. The van der Waals surface area contributed by atoms with Crippen molar-refractivity contribution in [2.75, 3.05) is 0 Å². The van der Waals surface area contributed by atoms with Gasteiger partial charge in [-0.05, 0) is 59.9 Å². The number of alkyl halides is 2. The molecule has 0 aliphatic carbocycles. The normalized spacial score (nSPS) is 11.7. The Bertz CT molecular complexity index is 1520. The third-order valence-electron chi connectivity index (χ3n) is 6.03. The van der Waals surface area contributed by atoms with Crippen LogP contribution in [0.5, 0.6) is 5.75 Å². The SMILES string of the molecule is CCCCc1ccc(-c2cc(F)c(-c3cc(F)c(C(F)(F)Oc4cc(F)c(F)c(F)c4)c(F)c3)c(Cl)c2)c(F)c1. The highest BCUT2D eigenvalue weighted by Crippen LogP contribution is 2.41. The number of hydrogen-bond donors (Lipinski definition) is 0. The van der Waals surface area contributed by atoms with Crippen LogP contribution in [0.25, 0.3) is 22.3 Å². The summed E-state index contributed by atoms with van der Waals surface area (Å²) >= 11 is 6.17. The fourth-order valence-electron chi connectivity index (χ4n) is 4.12. The lowest BCUT2D eigenvalue weighted by Gasteiger charge is -2.20. The number of ether oxygens (including phenoxy) is 1.